The maximum atomic E-state index is 11.2. The van der Waals surface area contributed by atoms with Crippen molar-refractivity contribution in [1.82, 2.24) is 4.90 Å². The normalized spacial score (nSPS) is 17.0. The van der Waals surface area contributed by atoms with E-state index in [1.807, 2.05) is 6.92 Å². The molecule has 2 aliphatic rings. The van der Waals surface area contributed by atoms with E-state index in [1.165, 1.54) is 20.8 Å². The SMILES string of the molecule is C.C.C.C.CC(=O)CC(C)=O.CC(=O)CN1C(=O)CC(C)C1=O.CC1CC(=O)CC1=O.CCC(C)=O. The fourth-order valence-electron chi connectivity index (χ4n) is 2.48. The zero-order valence-corrected chi connectivity index (χ0v) is 20.1. The molecule has 2 fully saturated rings. The lowest BCUT2D eigenvalue weighted by Gasteiger charge is -2.10. The molecule has 0 aromatic rings. The molecule has 0 spiro atoms. The summed E-state index contributed by atoms with van der Waals surface area (Å²) < 4.78 is 0. The third-order valence-corrected chi connectivity index (χ3v) is 4.30. The first-order valence-corrected chi connectivity index (χ1v) is 10.5. The lowest BCUT2D eigenvalue weighted by molar-refractivity contribution is -0.142. The molecule has 0 N–H and O–H groups in total. The molecule has 2 amide bonds. The summed E-state index contributed by atoms with van der Waals surface area (Å²) in [5, 5.41) is 0. The zero-order chi connectivity index (χ0) is 25.6. The molecule has 0 bridgehead atoms. The average molecular weight is 518 g/mol. The van der Waals surface area contributed by atoms with Gasteiger partial charge >= 0.3 is 0 Å². The van der Waals surface area contributed by atoms with E-state index in [2.05, 4.69) is 0 Å². The largest absolute Gasteiger partial charge is 0.300 e. The number of Topliss-reactive ketones (excluding diaryl/α,β-unsaturated/α-hetero) is 6. The van der Waals surface area contributed by atoms with Gasteiger partial charge in [0.1, 0.15) is 34.7 Å². The predicted octanol–water partition coefficient (Wildman–Crippen LogP) is 4.61. The van der Waals surface area contributed by atoms with Gasteiger partial charge < -0.3 is 4.79 Å². The Morgan fingerprint density at radius 2 is 1.14 bits per heavy atom. The summed E-state index contributed by atoms with van der Waals surface area (Å²) in [6.45, 7) is 11.0. The molecular formula is C27H51NO8. The second kappa shape index (κ2) is 23.9. The topological polar surface area (TPSA) is 140 Å². The standard InChI is InChI=1S/C8H11NO3.C6H8O2.C5H8O2.C4H8O.4CH4/c1-5-3-7(11)9(8(5)12)4-6(2)10;1-4-2-5(7)3-6(4)8;1-4(6)3-5(2)7;1-3-4(2)5;;;;/h5H,3-4H2,1-2H3;4H,2-3H2,1H3;3H2,1-2H3;3H2,1-2H3;4*1H4. The number of carbonyl (C=O) groups is 8. The molecule has 2 atom stereocenters. The van der Waals surface area contributed by atoms with Crippen molar-refractivity contribution < 1.29 is 38.4 Å². The molecule has 9 nitrogen and oxygen atoms in total. The van der Waals surface area contributed by atoms with Crippen molar-refractivity contribution in [1.29, 1.82) is 0 Å². The molecule has 212 valence electrons. The number of likely N-dealkylation sites (tertiary alicyclic amines) is 1. The van der Waals surface area contributed by atoms with Gasteiger partial charge in [0.25, 0.3) is 0 Å². The summed E-state index contributed by atoms with van der Waals surface area (Å²) >= 11 is 0. The van der Waals surface area contributed by atoms with Crippen LogP contribution in [0.2, 0.25) is 0 Å². The molecule has 0 aromatic carbocycles. The molecule has 2 rings (SSSR count). The van der Waals surface area contributed by atoms with Crippen LogP contribution >= 0.6 is 0 Å². The molecule has 0 aromatic heterocycles. The summed E-state index contributed by atoms with van der Waals surface area (Å²) in [4.78, 5) is 84.9. The van der Waals surface area contributed by atoms with Crippen molar-refractivity contribution in [2.75, 3.05) is 6.54 Å². The van der Waals surface area contributed by atoms with Crippen LogP contribution in [0.15, 0.2) is 0 Å². The van der Waals surface area contributed by atoms with E-state index in [1.54, 1.807) is 20.8 Å². The quantitative estimate of drug-likeness (QED) is 0.380. The van der Waals surface area contributed by atoms with Gasteiger partial charge in [0.2, 0.25) is 11.8 Å². The van der Waals surface area contributed by atoms with E-state index >= 15 is 0 Å². The number of rotatable bonds is 5. The molecule has 9 heteroatoms. The second-order valence-electron chi connectivity index (χ2n) is 8.05. The summed E-state index contributed by atoms with van der Waals surface area (Å²) in [5.41, 5.74) is 0. The van der Waals surface area contributed by atoms with Gasteiger partial charge in [-0.3, -0.25) is 38.5 Å². The molecule has 2 unspecified atom stereocenters. The Hall–Kier alpha value is -2.84. The van der Waals surface area contributed by atoms with Crippen molar-refractivity contribution >= 4 is 46.5 Å². The molecule has 1 saturated heterocycles. The maximum absolute atomic E-state index is 11.2. The van der Waals surface area contributed by atoms with Gasteiger partial charge in [-0.2, -0.15) is 0 Å². The van der Waals surface area contributed by atoms with Crippen molar-refractivity contribution in [3.8, 4) is 0 Å². The third kappa shape index (κ3) is 22.9. The highest BCUT2D eigenvalue weighted by Gasteiger charge is 2.35. The molecule has 1 aliphatic carbocycles. The van der Waals surface area contributed by atoms with Gasteiger partial charge in [-0.15, -0.1) is 0 Å². The van der Waals surface area contributed by atoms with Crippen LogP contribution in [-0.2, 0) is 38.4 Å². The Morgan fingerprint density at radius 1 is 0.722 bits per heavy atom. The van der Waals surface area contributed by atoms with Crippen LogP contribution in [0.25, 0.3) is 0 Å². The van der Waals surface area contributed by atoms with Crippen LogP contribution in [0.5, 0.6) is 0 Å². The summed E-state index contributed by atoms with van der Waals surface area (Å²) in [5.74, 6) is -0.537. The molecule has 1 heterocycles. The van der Waals surface area contributed by atoms with Crippen LogP contribution in [0.1, 0.15) is 110 Å². The number of hydrogen-bond acceptors (Lipinski definition) is 8. The van der Waals surface area contributed by atoms with Crippen LogP contribution in [0, 0.1) is 11.8 Å². The highest BCUT2D eigenvalue weighted by atomic mass is 16.2. The van der Waals surface area contributed by atoms with E-state index in [-0.39, 0.29) is 114 Å². The molecule has 0 radical (unpaired) electrons. The average Bonchev–Trinajstić information content (AvgIpc) is 3.06. The highest BCUT2D eigenvalue weighted by Crippen LogP contribution is 2.18. The molecular weight excluding hydrogens is 466 g/mol. The maximum Gasteiger partial charge on any atom is 0.232 e. The van der Waals surface area contributed by atoms with Crippen molar-refractivity contribution in [2.24, 2.45) is 11.8 Å². The first-order chi connectivity index (χ1) is 14.6. The van der Waals surface area contributed by atoms with E-state index in [0.717, 1.165) is 4.90 Å². The van der Waals surface area contributed by atoms with E-state index in [9.17, 15) is 38.4 Å². The first kappa shape index (κ1) is 46.5. The van der Waals surface area contributed by atoms with Gasteiger partial charge in [-0.1, -0.05) is 50.5 Å². The fourth-order valence-corrected chi connectivity index (χ4v) is 2.48. The van der Waals surface area contributed by atoms with Crippen LogP contribution < -0.4 is 0 Å². The number of carbonyl (C=O) groups excluding carboxylic acids is 8. The Bertz CT molecular complexity index is 743. The van der Waals surface area contributed by atoms with Gasteiger partial charge in [0, 0.05) is 31.1 Å². The smallest absolute Gasteiger partial charge is 0.232 e. The Balaban J connectivity index is -0.0000000841. The lowest BCUT2D eigenvalue weighted by atomic mass is 10.1. The number of imide groups is 1. The molecule has 36 heavy (non-hydrogen) atoms. The van der Waals surface area contributed by atoms with E-state index in [4.69, 9.17) is 0 Å². The van der Waals surface area contributed by atoms with Gasteiger partial charge in [0.05, 0.1) is 19.4 Å². The van der Waals surface area contributed by atoms with Crippen LogP contribution in [0.4, 0.5) is 0 Å². The predicted molar refractivity (Wildman–Crippen MR) is 143 cm³/mol. The second-order valence-corrected chi connectivity index (χ2v) is 8.05. The number of hydrogen-bond donors (Lipinski definition) is 0. The summed E-state index contributed by atoms with van der Waals surface area (Å²) in [6, 6.07) is 0. The van der Waals surface area contributed by atoms with Crippen molar-refractivity contribution in [3.05, 3.63) is 0 Å². The summed E-state index contributed by atoms with van der Waals surface area (Å²) in [6.07, 6.45) is 1.64. The third-order valence-electron chi connectivity index (χ3n) is 4.30. The Kier molecular flexibility index (Phi) is 30.8. The minimum Gasteiger partial charge on any atom is -0.300 e. The zero-order valence-electron chi connectivity index (χ0n) is 20.1. The lowest BCUT2D eigenvalue weighted by Crippen LogP contribution is -2.34. The fraction of sp³-hybridized carbons (Fsp3) is 0.704. The first-order valence-electron chi connectivity index (χ1n) is 10.5. The number of amides is 2. The monoisotopic (exact) mass is 517 g/mol. The Morgan fingerprint density at radius 3 is 1.28 bits per heavy atom. The van der Waals surface area contributed by atoms with Gasteiger partial charge in [0.15, 0.2) is 0 Å². The Labute approximate surface area is 218 Å². The minimum absolute atomic E-state index is 0. The van der Waals surface area contributed by atoms with Gasteiger partial charge in [-0.05, 0) is 27.7 Å². The van der Waals surface area contributed by atoms with Gasteiger partial charge in [-0.25, -0.2) is 0 Å². The molecule has 1 aliphatic heterocycles. The van der Waals surface area contributed by atoms with Crippen molar-refractivity contribution in [3.63, 3.8) is 0 Å². The summed E-state index contributed by atoms with van der Waals surface area (Å²) in [7, 11) is 0. The van der Waals surface area contributed by atoms with Crippen LogP contribution in [-0.4, -0.2) is 58.0 Å². The minimum atomic E-state index is -0.253. The van der Waals surface area contributed by atoms with Crippen molar-refractivity contribution in [2.45, 2.75) is 110 Å². The number of nitrogens with zero attached hydrogens (tertiary/aromatic N) is 1. The van der Waals surface area contributed by atoms with Crippen LogP contribution in [0.3, 0.4) is 0 Å². The highest BCUT2D eigenvalue weighted by molar-refractivity contribution is 6.07. The molecule has 1 saturated carbocycles. The number of ketones is 6. The van der Waals surface area contributed by atoms with E-state index in [0.29, 0.717) is 12.8 Å². The van der Waals surface area contributed by atoms with E-state index < -0.39 is 0 Å².